The minimum absolute atomic E-state index is 0.0472. The van der Waals surface area contributed by atoms with Crippen LogP contribution in [0.15, 0.2) is 51.8 Å². The molecule has 0 saturated heterocycles. The molecule has 0 unspecified atom stereocenters. The molecule has 7 nitrogen and oxygen atoms in total. The van der Waals surface area contributed by atoms with Gasteiger partial charge in [0.2, 0.25) is 5.91 Å². The van der Waals surface area contributed by atoms with Gasteiger partial charge in [0.25, 0.3) is 10.0 Å². The Morgan fingerprint density at radius 3 is 2.35 bits per heavy atom. The molecule has 8 heteroatoms. The van der Waals surface area contributed by atoms with Crippen molar-refractivity contribution in [2.75, 3.05) is 0 Å². The standard InChI is InChI=1S/C15H13NO6S/c1-10(17)16-23(20,21)13-6-2-11(3-7-13)14-8-4-12(22-14)5-9-15(18)19/h2-9H,1H3,(H,16,17)(H,18,19)/b9-5+. The van der Waals surface area contributed by atoms with Crippen LogP contribution in [0.3, 0.4) is 0 Å². The van der Waals surface area contributed by atoms with E-state index in [1.54, 1.807) is 12.1 Å². The van der Waals surface area contributed by atoms with E-state index in [0.717, 1.165) is 13.0 Å². The number of carbonyl (C=O) groups excluding carboxylic acids is 1. The van der Waals surface area contributed by atoms with Gasteiger partial charge in [-0.05, 0) is 42.5 Å². The Morgan fingerprint density at radius 2 is 1.78 bits per heavy atom. The molecule has 120 valence electrons. The van der Waals surface area contributed by atoms with Crippen molar-refractivity contribution in [2.24, 2.45) is 0 Å². The first-order chi connectivity index (χ1) is 10.8. The molecule has 0 spiro atoms. The number of sulfonamides is 1. The Bertz CT molecular complexity index is 862. The molecule has 23 heavy (non-hydrogen) atoms. The lowest BCUT2D eigenvalue weighted by Crippen LogP contribution is -2.28. The Balaban J connectivity index is 2.23. The van der Waals surface area contributed by atoms with Crippen LogP contribution in [0.5, 0.6) is 0 Å². The molecule has 0 aliphatic heterocycles. The van der Waals surface area contributed by atoms with Crippen LogP contribution in [-0.4, -0.2) is 25.4 Å². The van der Waals surface area contributed by atoms with Gasteiger partial charge in [-0.15, -0.1) is 0 Å². The van der Waals surface area contributed by atoms with Gasteiger partial charge >= 0.3 is 5.97 Å². The lowest BCUT2D eigenvalue weighted by atomic mass is 10.2. The molecule has 2 rings (SSSR count). The highest BCUT2D eigenvalue weighted by Crippen LogP contribution is 2.24. The van der Waals surface area contributed by atoms with E-state index in [1.165, 1.54) is 30.3 Å². The van der Waals surface area contributed by atoms with Crippen LogP contribution in [0, 0.1) is 0 Å². The largest absolute Gasteiger partial charge is 0.478 e. The van der Waals surface area contributed by atoms with Crippen molar-refractivity contribution < 1.29 is 27.5 Å². The molecule has 1 aromatic carbocycles. The van der Waals surface area contributed by atoms with Crippen LogP contribution in [0.4, 0.5) is 0 Å². The smallest absolute Gasteiger partial charge is 0.328 e. The monoisotopic (exact) mass is 335 g/mol. The fourth-order valence-corrected chi connectivity index (χ4v) is 2.79. The van der Waals surface area contributed by atoms with Crippen LogP contribution in [-0.2, 0) is 19.6 Å². The van der Waals surface area contributed by atoms with E-state index >= 15 is 0 Å². The second kappa shape index (κ2) is 6.49. The molecule has 0 radical (unpaired) electrons. The van der Waals surface area contributed by atoms with Gasteiger partial charge in [-0.25, -0.2) is 17.9 Å². The number of hydrogen-bond acceptors (Lipinski definition) is 5. The zero-order chi connectivity index (χ0) is 17.0. The van der Waals surface area contributed by atoms with Crippen molar-refractivity contribution in [1.29, 1.82) is 0 Å². The van der Waals surface area contributed by atoms with Gasteiger partial charge in [-0.1, -0.05) is 0 Å². The minimum atomic E-state index is -3.88. The maximum atomic E-state index is 11.8. The first-order valence-electron chi connectivity index (χ1n) is 6.42. The second-order valence-corrected chi connectivity index (χ2v) is 6.24. The van der Waals surface area contributed by atoms with Crippen LogP contribution >= 0.6 is 0 Å². The molecule has 1 heterocycles. The van der Waals surface area contributed by atoms with Crippen LogP contribution < -0.4 is 4.72 Å². The number of hydrogen-bond donors (Lipinski definition) is 2. The van der Waals surface area contributed by atoms with Crippen molar-refractivity contribution in [3.05, 3.63) is 48.2 Å². The molecular weight excluding hydrogens is 322 g/mol. The molecular formula is C15H13NO6S. The number of carboxylic acid groups (broad SMARTS) is 1. The average molecular weight is 335 g/mol. The van der Waals surface area contributed by atoms with E-state index < -0.39 is 21.9 Å². The molecule has 1 amide bonds. The summed E-state index contributed by atoms with van der Waals surface area (Å²) in [6.45, 7) is 1.11. The van der Waals surface area contributed by atoms with Gasteiger partial charge in [0.05, 0.1) is 4.90 Å². The number of amides is 1. The Hall–Kier alpha value is -2.87. The third-order valence-corrected chi connectivity index (χ3v) is 4.19. The molecule has 0 aliphatic carbocycles. The summed E-state index contributed by atoms with van der Waals surface area (Å²) in [4.78, 5) is 21.3. The molecule has 0 saturated carbocycles. The second-order valence-electron chi connectivity index (χ2n) is 4.56. The van der Waals surface area contributed by atoms with Gasteiger partial charge in [0.1, 0.15) is 11.5 Å². The predicted octanol–water partition coefficient (Wildman–Crippen LogP) is 1.87. The summed E-state index contributed by atoms with van der Waals surface area (Å²) >= 11 is 0. The van der Waals surface area contributed by atoms with Crippen molar-refractivity contribution in [2.45, 2.75) is 11.8 Å². The van der Waals surface area contributed by atoms with E-state index in [9.17, 15) is 18.0 Å². The third kappa shape index (κ3) is 4.30. The fraction of sp³-hybridized carbons (Fsp3) is 0.0667. The molecule has 2 N–H and O–H groups in total. The summed E-state index contributed by atoms with van der Waals surface area (Å²) in [5, 5.41) is 8.55. The summed E-state index contributed by atoms with van der Waals surface area (Å²) in [7, 11) is -3.88. The number of furan rings is 1. The lowest BCUT2D eigenvalue weighted by Gasteiger charge is -2.05. The highest BCUT2D eigenvalue weighted by atomic mass is 32.2. The zero-order valence-electron chi connectivity index (χ0n) is 12.0. The highest BCUT2D eigenvalue weighted by Gasteiger charge is 2.15. The maximum Gasteiger partial charge on any atom is 0.328 e. The van der Waals surface area contributed by atoms with Crippen LogP contribution in [0.1, 0.15) is 12.7 Å². The van der Waals surface area contributed by atoms with Gasteiger partial charge in [0, 0.05) is 18.6 Å². The van der Waals surface area contributed by atoms with E-state index in [0.29, 0.717) is 17.1 Å². The van der Waals surface area contributed by atoms with E-state index in [4.69, 9.17) is 9.52 Å². The minimum Gasteiger partial charge on any atom is -0.478 e. The topological polar surface area (TPSA) is 114 Å². The number of rotatable bonds is 5. The Kier molecular flexibility index (Phi) is 4.65. The zero-order valence-corrected chi connectivity index (χ0v) is 12.8. The molecule has 0 aliphatic rings. The molecule has 0 atom stereocenters. The summed E-state index contributed by atoms with van der Waals surface area (Å²) < 4.78 is 31.0. The normalized spacial score (nSPS) is 11.5. The number of nitrogens with one attached hydrogen (secondary N) is 1. The molecule has 0 fully saturated rings. The van der Waals surface area contributed by atoms with Crippen molar-refractivity contribution in [3.8, 4) is 11.3 Å². The van der Waals surface area contributed by atoms with Gasteiger partial charge in [-0.3, -0.25) is 4.79 Å². The van der Waals surface area contributed by atoms with Crippen molar-refractivity contribution >= 4 is 28.0 Å². The third-order valence-electron chi connectivity index (χ3n) is 2.74. The summed E-state index contributed by atoms with van der Waals surface area (Å²) in [5.41, 5.74) is 0.613. The fourth-order valence-electron chi connectivity index (χ4n) is 1.80. The maximum absolute atomic E-state index is 11.8. The molecule has 0 bridgehead atoms. The summed E-state index contributed by atoms with van der Waals surface area (Å²) in [6, 6.07) is 8.97. The summed E-state index contributed by atoms with van der Waals surface area (Å²) in [6.07, 6.45) is 2.26. The molecule has 1 aromatic heterocycles. The summed E-state index contributed by atoms with van der Waals surface area (Å²) in [5.74, 6) is -0.943. The van der Waals surface area contributed by atoms with E-state index in [1.807, 2.05) is 4.72 Å². The lowest BCUT2D eigenvalue weighted by molar-refractivity contribution is -0.131. The Morgan fingerprint density at radius 1 is 1.13 bits per heavy atom. The Labute approximate surface area is 132 Å². The van der Waals surface area contributed by atoms with E-state index in [-0.39, 0.29) is 4.90 Å². The quantitative estimate of drug-likeness (QED) is 0.806. The average Bonchev–Trinajstić information content (AvgIpc) is 2.93. The van der Waals surface area contributed by atoms with Crippen molar-refractivity contribution in [1.82, 2.24) is 4.72 Å². The SMILES string of the molecule is CC(=O)NS(=O)(=O)c1ccc(-c2ccc(/C=C/C(=O)O)o2)cc1. The van der Waals surface area contributed by atoms with Crippen molar-refractivity contribution in [3.63, 3.8) is 0 Å². The van der Waals surface area contributed by atoms with Gasteiger partial charge in [-0.2, -0.15) is 0 Å². The number of aliphatic carboxylic acids is 1. The number of carbonyl (C=O) groups is 2. The number of carboxylic acids is 1. The van der Waals surface area contributed by atoms with Crippen LogP contribution in [0.25, 0.3) is 17.4 Å². The van der Waals surface area contributed by atoms with E-state index in [2.05, 4.69) is 0 Å². The molecule has 2 aromatic rings. The highest BCUT2D eigenvalue weighted by molar-refractivity contribution is 7.90. The first kappa shape index (κ1) is 16.5. The van der Waals surface area contributed by atoms with Gasteiger partial charge in [0.15, 0.2) is 0 Å². The first-order valence-corrected chi connectivity index (χ1v) is 7.91. The van der Waals surface area contributed by atoms with Gasteiger partial charge < -0.3 is 9.52 Å². The predicted molar refractivity (Wildman–Crippen MR) is 81.8 cm³/mol. The van der Waals surface area contributed by atoms with Crippen LogP contribution in [0.2, 0.25) is 0 Å². The number of benzene rings is 1.